The molecule has 1 N–H and O–H groups in total. The molecule has 0 radical (unpaired) electrons. The predicted molar refractivity (Wildman–Crippen MR) is 97.1 cm³/mol. The highest BCUT2D eigenvalue weighted by Crippen LogP contribution is 2.75. The number of hydrogen-bond donors (Lipinski definition) is 1. The maximum atomic E-state index is 12.9. The monoisotopic (exact) mass is 372 g/mol. The second-order valence-corrected chi connectivity index (χ2v) is 10.3. The molecule has 1 aromatic rings. The molecule has 0 aromatic carbocycles. The quantitative estimate of drug-likeness (QED) is 0.859. The van der Waals surface area contributed by atoms with Crippen LogP contribution in [0.2, 0.25) is 0 Å². The second kappa shape index (κ2) is 5.32. The van der Waals surface area contributed by atoms with Gasteiger partial charge in [0.15, 0.2) is 5.82 Å². The molecule has 2 heterocycles. The van der Waals surface area contributed by atoms with E-state index < -0.39 is 5.60 Å². The van der Waals surface area contributed by atoms with E-state index in [4.69, 9.17) is 4.74 Å². The lowest BCUT2D eigenvalue weighted by Crippen LogP contribution is -2.70. The summed E-state index contributed by atoms with van der Waals surface area (Å²) in [6.07, 6.45) is 5.95. The van der Waals surface area contributed by atoms with Crippen molar-refractivity contribution in [2.24, 2.45) is 16.7 Å². The van der Waals surface area contributed by atoms with Crippen molar-refractivity contribution in [1.29, 1.82) is 0 Å². The average molecular weight is 372 g/mol. The normalized spacial score (nSPS) is 32.3. The fourth-order valence-corrected chi connectivity index (χ4v) is 5.27. The summed E-state index contributed by atoms with van der Waals surface area (Å²) in [5.41, 5.74) is -0.360. The van der Waals surface area contributed by atoms with E-state index in [1.165, 1.54) is 12.8 Å². The summed E-state index contributed by atoms with van der Waals surface area (Å²) in [7, 11) is 0. The lowest BCUT2D eigenvalue weighted by Gasteiger charge is -2.71. The van der Waals surface area contributed by atoms with Crippen LogP contribution < -0.4 is 0 Å². The third-order valence-electron chi connectivity index (χ3n) is 6.60. The number of ketones is 1. The van der Waals surface area contributed by atoms with Crippen molar-refractivity contribution < 1.29 is 14.3 Å². The van der Waals surface area contributed by atoms with E-state index in [2.05, 4.69) is 15.2 Å². The van der Waals surface area contributed by atoms with Gasteiger partial charge in [0, 0.05) is 30.8 Å². The van der Waals surface area contributed by atoms with E-state index in [1.54, 1.807) is 4.90 Å². The smallest absolute Gasteiger partial charge is 0.410 e. The minimum atomic E-state index is -0.494. The molecule has 5 aliphatic rings. The van der Waals surface area contributed by atoms with Gasteiger partial charge in [-0.15, -0.1) is 0 Å². The zero-order valence-corrected chi connectivity index (χ0v) is 16.4. The number of carbonyl (C=O) groups is 2. The summed E-state index contributed by atoms with van der Waals surface area (Å²) in [4.78, 5) is 31.2. The Morgan fingerprint density at radius 1 is 1.22 bits per heavy atom. The van der Waals surface area contributed by atoms with Crippen LogP contribution in [0.25, 0.3) is 0 Å². The molecule has 0 spiro atoms. The van der Waals surface area contributed by atoms with E-state index >= 15 is 0 Å². The van der Waals surface area contributed by atoms with Gasteiger partial charge in [-0.25, -0.2) is 9.78 Å². The molecule has 2 bridgehead atoms. The first kappa shape index (κ1) is 17.2. The number of aromatic nitrogens is 3. The zero-order valence-electron chi connectivity index (χ0n) is 16.4. The molecular formula is C20H28N4O3. The molecule has 4 saturated carbocycles. The number of likely N-dealkylation sites (tertiary alicyclic amines) is 1. The summed E-state index contributed by atoms with van der Waals surface area (Å²) >= 11 is 0. The molecule has 5 fully saturated rings. The van der Waals surface area contributed by atoms with Crippen LogP contribution in [0, 0.1) is 16.7 Å². The maximum absolute atomic E-state index is 12.9. The van der Waals surface area contributed by atoms with Crippen LogP contribution in [-0.2, 0) is 16.0 Å². The number of nitrogens with zero attached hydrogens (tertiary/aromatic N) is 3. The van der Waals surface area contributed by atoms with E-state index in [-0.39, 0.29) is 22.8 Å². The number of nitrogens with one attached hydrogen (secondary N) is 1. The van der Waals surface area contributed by atoms with Crippen LogP contribution in [-0.4, -0.2) is 50.6 Å². The molecule has 27 heavy (non-hydrogen) atoms. The summed E-state index contributed by atoms with van der Waals surface area (Å²) < 4.78 is 5.37. The van der Waals surface area contributed by atoms with Crippen LogP contribution in [0.1, 0.15) is 70.4 Å². The Balaban J connectivity index is 1.11. The number of ether oxygens (including phenoxy) is 1. The van der Waals surface area contributed by atoms with Crippen molar-refractivity contribution >= 4 is 11.9 Å². The summed E-state index contributed by atoms with van der Waals surface area (Å²) in [5.74, 6) is 2.88. The minimum absolute atomic E-state index is 0.0115. The number of rotatable bonds is 5. The molecule has 0 atom stereocenters. The SMILES string of the molecule is CC(C)(C)OC(=O)N1CC(C(=O)C23CC(Cc4nc(C5CC5)n[nH]4)(C2)C3)C1. The lowest BCUT2D eigenvalue weighted by atomic mass is 9.32. The van der Waals surface area contributed by atoms with Crippen molar-refractivity contribution in [2.45, 2.75) is 70.8 Å². The van der Waals surface area contributed by atoms with Crippen molar-refractivity contribution in [1.82, 2.24) is 20.1 Å². The largest absolute Gasteiger partial charge is 0.444 e. The molecule has 1 aromatic heterocycles. The number of hydrogen-bond acceptors (Lipinski definition) is 5. The Hall–Kier alpha value is -1.92. The Morgan fingerprint density at radius 2 is 1.89 bits per heavy atom. The molecule has 0 unspecified atom stereocenters. The number of amides is 1. The van der Waals surface area contributed by atoms with E-state index in [1.807, 2.05) is 20.8 Å². The molecular weight excluding hydrogens is 344 g/mol. The number of aromatic amines is 1. The molecule has 4 aliphatic carbocycles. The first-order valence-corrected chi connectivity index (χ1v) is 10.1. The highest BCUT2D eigenvalue weighted by Gasteiger charge is 2.72. The molecule has 6 rings (SSSR count). The van der Waals surface area contributed by atoms with E-state index in [0.717, 1.165) is 37.3 Å². The Bertz CT molecular complexity index is 779. The summed E-state index contributed by atoms with van der Waals surface area (Å²) in [6.45, 7) is 6.59. The van der Waals surface area contributed by atoms with Gasteiger partial charge in [-0.3, -0.25) is 9.89 Å². The van der Waals surface area contributed by atoms with Gasteiger partial charge in [0.25, 0.3) is 0 Å². The Kier molecular flexibility index (Phi) is 3.39. The van der Waals surface area contributed by atoms with E-state index in [9.17, 15) is 9.59 Å². The van der Waals surface area contributed by atoms with Crippen molar-refractivity contribution in [3.05, 3.63) is 11.6 Å². The van der Waals surface area contributed by atoms with Gasteiger partial charge in [-0.2, -0.15) is 5.10 Å². The first-order chi connectivity index (χ1) is 12.7. The summed E-state index contributed by atoms with van der Waals surface area (Å²) in [5, 5.41) is 7.43. The minimum Gasteiger partial charge on any atom is -0.444 e. The molecule has 7 heteroatoms. The average Bonchev–Trinajstić information content (AvgIpc) is 3.17. The molecule has 146 valence electrons. The molecule has 7 nitrogen and oxygen atoms in total. The van der Waals surface area contributed by atoms with Gasteiger partial charge in [0.1, 0.15) is 17.2 Å². The zero-order chi connectivity index (χ0) is 19.0. The Labute approximate surface area is 159 Å². The third-order valence-corrected chi connectivity index (χ3v) is 6.60. The third kappa shape index (κ3) is 2.86. The Morgan fingerprint density at radius 3 is 2.48 bits per heavy atom. The van der Waals surface area contributed by atoms with Gasteiger partial charge in [-0.05, 0) is 58.3 Å². The topological polar surface area (TPSA) is 88.2 Å². The highest BCUT2D eigenvalue weighted by atomic mass is 16.6. The van der Waals surface area contributed by atoms with Gasteiger partial charge in [0.2, 0.25) is 0 Å². The second-order valence-electron chi connectivity index (χ2n) is 10.3. The fraction of sp³-hybridized carbons (Fsp3) is 0.800. The van der Waals surface area contributed by atoms with Gasteiger partial charge in [-0.1, -0.05) is 0 Å². The predicted octanol–water partition coefficient (Wildman–Crippen LogP) is 2.83. The standard InChI is InChI=1S/C20H28N4O3/c1-18(2,3)27-17(26)24-7-13(8-24)15(25)20-9-19(10-20,11-20)6-14-21-16(23-22-14)12-4-5-12/h12-13H,4-11H2,1-3H3,(H,21,22,23). The summed E-state index contributed by atoms with van der Waals surface area (Å²) in [6, 6.07) is 0. The molecule has 1 aliphatic heterocycles. The fourth-order valence-electron chi connectivity index (χ4n) is 5.27. The van der Waals surface area contributed by atoms with Crippen molar-refractivity contribution in [2.75, 3.05) is 13.1 Å². The van der Waals surface area contributed by atoms with Gasteiger partial charge >= 0.3 is 6.09 Å². The van der Waals surface area contributed by atoms with Gasteiger partial charge in [0.05, 0.1) is 5.92 Å². The number of carbonyl (C=O) groups excluding carboxylic acids is 2. The number of Topliss-reactive ketones (excluding diaryl/α,β-unsaturated/α-hetero) is 1. The van der Waals surface area contributed by atoms with Crippen LogP contribution >= 0.6 is 0 Å². The van der Waals surface area contributed by atoms with Crippen LogP contribution in [0.15, 0.2) is 0 Å². The van der Waals surface area contributed by atoms with Crippen LogP contribution in [0.3, 0.4) is 0 Å². The molecule has 1 saturated heterocycles. The highest BCUT2D eigenvalue weighted by molar-refractivity contribution is 5.92. The molecule has 1 amide bonds. The lowest BCUT2D eigenvalue weighted by molar-refractivity contribution is -0.211. The van der Waals surface area contributed by atoms with Crippen molar-refractivity contribution in [3.63, 3.8) is 0 Å². The number of H-pyrrole nitrogens is 1. The van der Waals surface area contributed by atoms with Gasteiger partial charge < -0.3 is 9.64 Å². The van der Waals surface area contributed by atoms with E-state index in [0.29, 0.717) is 24.8 Å². The van der Waals surface area contributed by atoms with Crippen molar-refractivity contribution in [3.8, 4) is 0 Å². The first-order valence-electron chi connectivity index (χ1n) is 10.1. The maximum Gasteiger partial charge on any atom is 0.410 e. The van der Waals surface area contributed by atoms with Crippen LogP contribution in [0.4, 0.5) is 4.79 Å². The van der Waals surface area contributed by atoms with Crippen LogP contribution in [0.5, 0.6) is 0 Å².